The number of ether oxygens (including phenoxy) is 1. The molecular weight excluding hydrogens is 238 g/mol. The number of nitrogens with two attached hydrogens (primary N) is 1. The van der Waals surface area contributed by atoms with Gasteiger partial charge in [-0.1, -0.05) is 6.07 Å². The largest absolute Gasteiger partial charge is 0.496 e. The number of hydrogen-bond acceptors (Lipinski definition) is 3. The van der Waals surface area contributed by atoms with E-state index in [9.17, 15) is 0 Å². The molecule has 102 valence electrons. The maximum absolute atomic E-state index is 5.94. The van der Waals surface area contributed by atoms with Gasteiger partial charge in [0.25, 0.3) is 0 Å². The Hall–Kier alpha value is -1.81. The van der Waals surface area contributed by atoms with Gasteiger partial charge in [-0.25, -0.2) is 4.98 Å². The lowest BCUT2D eigenvalue weighted by atomic mass is 9.89. The second-order valence-corrected chi connectivity index (χ2v) is 4.83. The molecule has 2 aromatic rings. The zero-order valence-electron chi connectivity index (χ0n) is 11.9. The summed E-state index contributed by atoms with van der Waals surface area (Å²) in [4.78, 5) is 7.50. The van der Waals surface area contributed by atoms with Crippen molar-refractivity contribution in [1.82, 2.24) is 9.97 Å². The highest BCUT2D eigenvalue weighted by Crippen LogP contribution is 2.33. The predicted octanol–water partition coefficient (Wildman–Crippen LogP) is 2.43. The molecular formula is C15H21N3O. The third-order valence-electron chi connectivity index (χ3n) is 3.73. The van der Waals surface area contributed by atoms with Crippen molar-refractivity contribution in [2.75, 3.05) is 13.7 Å². The van der Waals surface area contributed by atoms with Crippen molar-refractivity contribution < 1.29 is 4.74 Å². The van der Waals surface area contributed by atoms with Gasteiger partial charge in [-0.3, -0.25) is 0 Å². The van der Waals surface area contributed by atoms with Gasteiger partial charge in [0.15, 0.2) is 0 Å². The number of aromatic nitrogens is 2. The zero-order chi connectivity index (χ0) is 14.0. The van der Waals surface area contributed by atoms with Gasteiger partial charge in [0, 0.05) is 18.9 Å². The summed E-state index contributed by atoms with van der Waals surface area (Å²) in [5.41, 5.74) is 10.7. The maximum atomic E-state index is 5.94. The Bertz CT molecular complexity index is 561. The first kappa shape index (κ1) is 13.6. The van der Waals surface area contributed by atoms with Gasteiger partial charge in [0.2, 0.25) is 0 Å². The van der Waals surface area contributed by atoms with E-state index < -0.39 is 0 Å². The first-order valence-corrected chi connectivity index (χ1v) is 6.44. The van der Waals surface area contributed by atoms with Crippen LogP contribution in [0.4, 0.5) is 0 Å². The normalized spacial score (nSPS) is 12.5. The molecule has 0 aliphatic rings. The Morgan fingerprint density at radius 3 is 2.58 bits per heavy atom. The molecule has 0 radical (unpaired) electrons. The number of aryl methyl sites for hydroxylation is 1. The van der Waals surface area contributed by atoms with Crippen LogP contribution in [0.2, 0.25) is 0 Å². The summed E-state index contributed by atoms with van der Waals surface area (Å²) in [6.07, 6.45) is 3.59. The van der Waals surface area contributed by atoms with E-state index in [1.165, 1.54) is 16.7 Å². The summed E-state index contributed by atoms with van der Waals surface area (Å²) in [5.74, 6) is 1.96. The first-order chi connectivity index (χ1) is 9.10. The van der Waals surface area contributed by atoms with Crippen LogP contribution in [0.15, 0.2) is 18.5 Å². The van der Waals surface area contributed by atoms with E-state index >= 15 is 0 Å². The minimum Gasteiger partial charge on any atom is -0.496 e. The average Bonchev–Trinajstić information content (AvgIpc) is 2.90. The number of nitrogens with zero attached hydrogens (tertiary/aromatic N) is 1. The highest BCUT2D eigenvalue weighted by atomic mass is 16.5. The summed E-state index contributed by atoms with van der Waals surface area (Å²) < 4.78 is 5.46. The molecule has 0 bridgehead atoms. The number of imidazole rings is 1. The van der Waals surface area contributed by atoms with Crippen molar-refractivity contribution in [3.05, 3.63) is 46.5 Å². The SMILES string of the molecule is COc1c(C)cc(C(CN)c2ncc[nH]2)c(C)c1C. The van der Waals surface area contributed by atoms with Crippen LogP contribution in [-0.2, 0) is 0 Å². The zero-order valence-corrected chi connectivity index (χ0v) is 11.9. The number of benzene rings is 1. The molecule has 1 atom stereocenters. The van der Waals surface area contributed by atoms with Crippen molar-refractivity contribution in [1.29, 1.82) is 0 Å². The van der Waals surface area contributed by atoms with Crippen LogP contribution in [0.3, 0.4) is 0 Å². The molecule has 2 rings (SSSR count). The molecule has 1 aromatic carbocycles. The Kier molecular flexibility index (Phi) is 3.90. The molecule has 1 heterocycles. The Morgan fingerprint density at radius 2 is 2.05 bits per heavy atom. The van der Waals surface area contributed by atoms with Gasteiger partial charge in [-0.2, -0.15) is 0 Å². The van der Waals surface area contributed by atoms with E-state index in [1.54, 1.807) is 13.3 Å². The first-order valence-electron chi connectivity index (χ1n) is 6.44. The van der Waals surface area contributed by atoms with E-state index in [1.807, 2.05) is 6.20 Å². The number of aromatic amines is 1. The number of nitrogens with one attached hydrogen (secondary N) is 1. The van der Waals surface area contributed by atoms with Gasteiger partial charge in [-0.15, -0.1) is 0 Å². The number of rotatable bonds is 4. The number of hydrogen-bond donors (Lipinski definition) is 2. The van der Waals surface area contributed by atoms with E-state index in [4.69, 9.17) is 10.5 Å². The summed E-state index contributed by atoms with van der Waals surface area (Å²) >= 11 is 0. The Labute approximate surface area is 114 Å². The van der Waals surface area contributed by atoms with Crippen LogP contribution < -0.4 is 10.5 Å². The summed E-state index contributed by atoms with van der Waals surface area (Å²) in [5, 5.41) is 0. The van der Waals surface area contributed by atoms with Gasteiger partial charge >= 0.3 is 0 Å². The molecule has 0 saturated heterocycles. The van der Waals surface area contributed by atoms with Crippen LogP contribution in [0.25, 0.3) is 0 Å². The third-order valence-corrected chi connectivity index (χ3v) is 3.73. The van der Waals surface area contributed by atoms with Crippen LogP contribution in [0.1, 0.15) is 34.0 Å². The summed E-state index contributed by atoms with van der Waals surface area (Å²) in [7, 11) is 1.71. The van der Waals surface area contributed by atoms with Crippen LogP contribution >= 0.6 is 0 Å². The molecule has 19 heavy (non-hydrogen) atoms. The molecule has 0 aliphatic heterocycles. The molecule has 3 N–H and O–H groups in total. The molecule has 0 spiro atoms. The smallest absolute Gasteiger partial charge is 0.124 e. The highest BCUT2D eigenvalue weighted by molar-refractivity contribution is 5.51. The van der Waals surface area contributed by atoms with Crippen molar-refractivity contribution in [3.63, 3.8) is 0 Å². The second-order valence-electron chi connectivity index (χ2n) is 4.83. The van der Waals surface area contributed by atoms with Crippen molar-refractivity contribution in [2.24, 2.45) is 5.73 Å². The van der Waals surface area contributed by atoms with Crippen molar-refractivity contribution >= 4 is 0 Å². The third kappa shape index (κ3) is 2.36. The molecule has 1 unspecified atom stereocenters. The van der Waals surface area contributed by atoms with Gasteiger partial charge in [0.05, 0.1) is 13.0 Å². The van der Waals surface area contributed by atoms with E-state index in [-0.39, 0.29) is 5.92 Å². The molecule has 4 heteroatoms. The quantitative estimate of drug-likeness (QED) is 0.886. The second kappa shape index (κ2) is 5.45. The fourth-order valence-electron chi connectivity index (χ4n) is 2.62. The van der Waals surface area contributed by atoms with E-state index in [0.29, 0.717) is 6.54 Å². The molecule has 0 fully saturated rings. The van der Waals surface area contributed by atoms with Crippen LogP contribution in [0.5, 0.6) is 5.75 Å². The van der Waals surface area contributed by atoms with Gasteiger partial charge < -0.3 is 15.5 Å². The van der Waals surface area contributed by atoms with Crippen LogP contribution in [0, 0.1) is 20.8 Å². The minimum absolute atomic E-state index is 0.0957. The van der Waals surface area contributed by atoms with Crippen LogP contribution in [-0.4, -0.2) is 23.6 Å². The highest BCUT2D eigenvalue weighted by Gasteiger charge is 2.20. The minimum atomic E-state index is 0.0957. The Balaban J connectivity index is 2.56. The topological polar surface area (TPSA) is 63.9 Å². The predicted molar refractivity (Wildman–Crippen MR) is 76.7 cm³/mol. The number of methoxy groups -OCH3 is 1. The standard InChI is InChI=1S/C15H21N3O/c1-9-7-12(10(2)11(3)14(9)19-4)13(8-16)15-17-5-6-18-15/h5-7,13H,8,16H2,1-4H3,(H,17,18). The molecule has 1 aromatic heterocycles. The maximum Gasteiger partial charge on any atom is 0.124 e. The fourth-order valence-corrected chi connectivity index (χ4v) is 2.62. The molecule has 0 aliphatic carbocycles. The molecule has 4 nitrogen and oxygen atoms in total. The van der Waals surface area contributed by atoms with E-state index in [2.05, 4.69) is 36.8 Å². The monoisotopic (exact) mass is 259 g/mol. The average molecular weight is 259 g/mol. The lowest BCUT2D eigenvalue weighted by molar-refractivity contribution is 0.408. The molecule has 0 saturated carbocycles. The lowest BCUT2D eigenvalue weighted by Gasteiger charge is -2.20. The fraction of sp³-hybridized carbons (Fsp3) is 0.400. The van der Waals surface area contributed by atoms with Gasteiger partial charge in [-0.05, 0) is 43.0 Å². The van der Waals surface area contributed by atoms with Crippen molar-refractivity contribution in [3.8, 4) is 5.75 Å². The lowest BCUT2D eigenvalue weighted by Crippen LogP contribution is -2.17. The Morgan fingerprint density at radius 1 is 1.32 bits per heavy atom. The van der Waals surface area contributed by atoms with Crippen molar-refractivity contribution in [2.45, 2.75) is 26.7 Å². The molecule has 0 amide bonds. The number of H-pyrrole nitrogens is 1. The van der Waals surface area contributed by atoms with Gasteiger partial charge in [0.1, 0.15) is 11.6 Å². The summed E-state index contributed by atoms with van der Waals surface area (Å²) in [6.45, 7) is 6.78. The van der Waals surface area contributed by atoms with E-state index in [0.717, 1.165) is 17.1 Å². The summed E-state index contributed by atoms with van der Waals surface area (Å²) in [6, 6.07) is 2.15.